The summed E-state index contributed by atoms with van der Waals surface area (Å²) in [4.78, 5) is 33.5. The fraction of sp³-hybridized carbons (Fsp3) is 0.487. The number of tetrazole rings is 1. The second kappa shape index (κ2) is 52.3. The van der Waals surface area contributed by atoms with E-state index in [0.717, 1.165) is 85.6 Å². The highest BCUT2D eigenvalue weighted by atomic mass is 16.6. The number of nitrogens with one attached hydrogen (secondary N) is 1. The van der Waals surface area contributed by atoms with Crippen molar-refractivity contribution >= 4 is 5.97 Å². The number of aliphatic hydroxyl groups is 1. The molecule has 0 spiro atoms. The topological polar surface area (TPSA) is 238 Å². The van der Waals surface area contributed by atoms with Gasteiger partial charge in [0.05, 0.1) is 34.0 Å². The van der Waals surface area contributed by atoms with Gasteiger partial charge in [0.1, 0.15) is 62.4 Å². The molecule has 22 heteroatoms. The predicted octanol–water partition coefficient (Wildman–Crippen LogP) is 24.4. The van der Waals surface area contributed by atoms with Crippen LogP contribution in [0.3, 0.4) is 0 Å². The van der Waals surface area contributed by atoms with Crippen LogP contribution in [0.15, 0.2) is 225 Å². The number of likely N-dealkylation sites (tertiary alicyclic amines) is 2. The number of H-pyrrole nitrogens is 1. The molecule has 752 valence electrons. The number of esters is 1. The minimum absolute atomic E-state index is 0.0166. The zero-order valence-electron chi connectivity index (χ0n) is 89.3. The van der Waals surface area contributed by atoms with Crippen LogP contribution in [0.1, 0.15) is 281 Å². The normalized spacial score (nSPS) is 14.0. The van der Waals surface area contributed by atoms with Crippen LogP contribution in [-0.4, -0.2) is 181 Å². The lowest BCUT2D eigenvalue weighted by Gasteiger charge is -2.45. The summed E-state index contributed by atoms with van der Waals surface area (Å²) < 4.78 is 36.6. The number of nitrogens with zero attached hydrogens (tertiary/aromatic N) is 12. The van der Waals surface area contributed by atoms with Gasteiger partial charge in [-0.05, 0) is 236 Å². The summed E-state index contributed by atoms with van der Waals surface area (Å²) in [5.74, 6) is 5.22. The Labute approximate surface area is 833 Å². The number of methoxy groups -OCH3 is 2. The number of hydroxylamine groups is 3. The van der Waals surface area contributed by atoms with E-state index < -0.39 is 0 Å². The number of morpholine rings is 1. The Kier molecular flexibility index (Phi) is 42.5. The fourth-order valence-corrected chi connectivity index (χ4v) is 15.5. The third-order valence-corrected chi connectivity index (χ3v) is 24.8. The lowest BCUT2D eigenvalue weighted by Crippen LogP contribution is -2.49. The molecular formula is C117H165N13O9. The zero-order valence-corrected chi connectivity index (χ0v) is 89.3. The molecule has 5 aromatic heterocycles. The number of imidazole rings is 2. The molecule has 0 radical (unpaired) electrons. The Balaban J connectivity index is 0.000000195. The molecular weight excluding hydrogens is 1730 g/mol. The number of rotatable bonds is 21. The molecule has 0 saturated carbocycles. The van der Waals surface area contributed by atoms with E-state index in [1.807, 2.05) is 106 Å². The van der Waals surface area contributed by atoms with Crippen molar-refractivity contribution in [3.05, 3.63) is 315 Å². The van der Waals surface area contributed by atoms with E-state index in [-0.39, 0.29) is 60.5 Å². The highest BCUT2D eigenvalue weighted by molar-refractivity contribution is 5.92. The van der Waals surface area contributed by atoms with Crippen molar-refractivity contribution in [2.45, 2.75) is 269 Å². The van der Waals surface area contributed by atoms with Gasteiger partial charge in [-0.25, -0.2) is 19.7 Å². The largest absolute Gasteiger partial charge is 0.632 e. The molecule has 0 bridgehead atoms. The van der Waals surface area contributed by atoms with Gasteiger partial charge in [0.2, 0.25) is 11.7 Å². The Bertz CT molecular complexity index is 5550. The van der Waals surface area contributed by atoms with Crippen molar-refractivity contribution in [3.63, 3.8) is 0 Å². The van der Waals surface area contributed by atoms with Crippen molar-refractivity contribution in [1.82, 2.24) is 59.5 Å². The van der Waals surface area contributed by atoms with Gasteiger partial charge in [-0.3, -0.25) is 14.8 Å². The quantitative estimate of drug-likeness (QED) is 0.0386. The average Bonchev–Trinajstić information content (AvgIpc) is 1.42. The third kappa shape index (κ3) is 38.4. The van der Waals surface area contributed by atoms with Crippen LogP contribution < -0.4 is 18.9 Å². The molecule has 0 aliphatic carbocycles. The van der Waals surface area contributed by atoms with Crippen LogP contribution in [0.2, 0.25) is 0 Å². The van der Waals surface area contributed by atoms with Crippen LogP contribution >= 0.6 is 0 Å². The predicted molar refractivity (Wildman–Crippen MR) is 568 cm³/mol. The summed E-state index contributed by atoms with van der Waals surface area (Å²) in [7, 11) is 3.11. The number of benzene rings is 7. The first-order valence-corrected chi connectivity index (χ1v) is 49.5. The summed E-state index contributed by atoms with van der Waals surface area (Å²) in [5.41, 5.74) is 19.2. The molecule has 139 heavy (non-hydrogen) atoms. The molecule has 3 fully saturated rings. The molecule has 7 aromatic carbocycles. The Morgan fingerprint density at radius 3 is 1.35 bits per heavy atom. The first-order valence-electron chi connectivity index (χ1n) is 49.5. The van der Waals surface area contributed by atoms with E-state index in [2.05, 4.69) is 359 Å². The van der Waals surface area contributed by atoms with Gasteiger partial charge in [0, 0.05) is 85.9 Å². The Morgan fingerprint density at radius 2 is 0.899 bits per heavy atom. The lowest BCUT2D eigenvalue weighted by molar-refractivity contribution is -0.901. The number of ether oxygens (including phenoxy) is 6. The van der Waals surface area contributed by atoms with E-state index >= 15 is 0 Å². The molecule has 3 aliphatic heterocycles. The van der Waals surface area contributed by atoms with Crippen molar-refractivity contribution < 1.29 is 43.0 Å². The number of aromatic amines is 1. The minimum atomic E-state index is -0.345. The maximum Gasteiger partial charge on any atom is 0.341 e. The number of quaternary nitrogens is 1. The van der Waals surface area contributed by atoms with Gasteiger partial charge in [-0.2, -0.15) is 5.21 Å². The van der Waals surface area contributed by atoms with Crippen LogP contribution in [0, 0.1) is 19.1 Å². The maximum absolute atomic E-state index is 12.4. The van der Waals surface area contributed by atoms with Gasteiger partial charge in [0.25, 0.3) is 0 Å². The summed E-state index contributed by atoms with van der Waals surface area (Å²) in [5, 5.41) is 34.9. The maximum atomic E-state index is 12.4. The summed E-state index contributed by atoms with van der Waals surface area (Å²) in [6.45, 7) is 68.7. The van der Waals surface area contributed by atoms with Gasteiger partial charge >= 0.3 is 5.97 Å². The molecule has 12 aromatic rings. The summed E-state index contributed by atoms with van der Waals surface area (Å²) in [6.07, 6.45) is 19.4. The molecule has 0 atom stereocenters. The Hall–Kier alpha value is -11.2. The van der Waals surface area contributed by atoms with E-state index in [9.17, 15) is 10.0 Å². The number of hydrogen-bond donors (Lipinski definition) is 2. The molecule has 22 nitrogen and oxygen atoms in total. The number of pyridine rings is 2. The van der Waals surface area contributed by atoms with Gasteiger partial charge in [-0.1, -0.05) is 287 Å². The summed E-state index contributed by atoms with van der Waals surface area (Å²) in [6, 6.07) is 63.2. The van der Waals surface area contributed by atoms with Crippen molar-refractivity contribution in [1.29, 1.82) is 0 Å². The van der Waals surface area contributed by atoms with Crippen LogP contribution in [0.4, 0.5) is 0 Å². The first kappa shape index (κ1) is 113. The smallest absolute Gasteiger partial charge is 0.341 e. The summed E-state index contributed by atoms with van der Waals surface area (Å²) >= 11 is 0. The molecule has 2 N–H and O–H groups in total. The number of carbonyl (C=O) groups excluding carboxylic acids is 1. The van der Waals surface area contributed by atoms with E-state index in [0.29, 0.717) is 69.1 Å². The van der Waals surface area contributed by atoms with Gasteiger partial charge in [-0.15, -0.1) is 10.2 Å². The number of aromatic nitrogens is 10. The molecule has 8 heterocycles. The Morgan fingerprint density at radius 1 is 0.453 bits per heavy atom. The van der Waals surface area contributed by atoms with E-state index in [1.165, 1.54) is 107 Å². The molecule has 3 aliphatic rings. The first-order chi connectivity index (χ1) is 65.4. The monoisotopic (exact) mass is 1900 g/mol. The van der Waals surface area contributed by atoms with Crippen LogP contribution in [-0.2, 0) is 72.3 Å². The number of carbonyl (C=O) groups is 1. The standard InChI is InChI=1S/C18H27NO3.C17H27NO2.C16H19N.C15H20N2.C15H23NO2.C14H18N2.C11H14N4.C11H17NO2/c1-18(2,3)14-7-8-16(15(13-14)17(20)21-4)22-12-11-19-9-5-6-10-19;1-17(2,3)14-7-8-15(16(13-14)19-4)20-12-11-18-9-5-6-10-18;1-16(2,3)15-6-4-13(5-7-15)12-14-8-10-17-11-9-14;1-12-16-9-10-17(12)11-13-5-7-14(8-6-13)15(2,3)4;1-15(2,3)14-6-4-13(5-7-14)12-16(17)8-10-18-11-9-16;1-11-15-9-10-16(11)13-7-5-12(6-8-13)14(2,3)4;1-11(2,3)9-6-4-5-8(7-9)10-12-14-15-13-10;1-11(2,3)9-4-5-10(12-8-9)14-7-6-13/h7-8,13H,5-6,9-12H2,1-4H3;7-8,13H,5-6,9-12H2,1-4H3;4-11H,12H2,1-3H3;5-10H,11H2,1-4H3;4-7H,8-12H2,1-3H3;5-10H,1-4H3;4-7H,1-3H3,(H,12,13,14,15);4-5,8,13H,6-7H2,1-3H3. The van der Waals surface area contributed by atoms with Gasteiger partial charge < -0.3 is 52.5 Å². The third-order valence-electron chi connectivity index (χ3n) is 24.8. The fourth-order valence-electron chi connectivity index (χ4n) is 15.5. The molecule has 0 unspecified atom stereocenters. The molecule has 15 rings (SSSR count). The lowest BCUT2D eigenvalue weighted by atomic mass is 9.86. The highest BCUT2D eigenvalue weighted by Gasteiger charge is 2.27. The second-order valence-corrected chi connectivity index (χ2v) is 44.5. The molecule has 0 amide bonds. The zero-order chi connectivity index (χ0) is 102. The second-order valence-electron chi connectivity index (χ2n) is 44.5. The van der Waals surface area contributed by atoms with Crippen molar-refractivity contribution in [3.8, 4) is 40.2 Å². The van der Waals surface area contributed by atoms with Crippen molar-refractivity contribution in [2.24, 2.45) is 0 Å². The van der Waals surface area contributed by atoms with Crippen LogP contribution in [0.5, 0.6) is 23.1 Å². The minimum Gasteiger partial charge on any atom is -0.632 e. The van der Waals surface area contributed by atoms with E-state index in [4.69, 9.17) is 33.5 Å². The van der Waals surface area contributed by atoms with Crippen molar-refractivity contribution in [2.75, 3.05) is 106 Å². The van der Waals surface area contributed by atoms with E-state index in [1.54, 1.807) is 7.11 Å². The molecule has 3 saturated heterocycles. The van der Waals surface area contributed by atoms with Crippen LogP contribution in [0.25, 0.3) is 17.1 Å². The van der Waals surface area contributed by atoms with Gasteiger partial charge in [0.15, 0.2) is 11.5 Å². The average molecular weight is 1900 g/mol. The number of aliphatic hydroxyl groups excluding tert-OH is 1. The highest BCUT2D eigenvalue weighted by Crippen LogP contribution is 2.36. The SMILES string of the molecule is CC(C)(C)c1ccc(C[N+]2([O-])CCOCC2)cc1.CC(C)(C)c1ccc(Cc2ccncc2)cc1.CC(C)(C)c1ccc(OCCO)nc1.CC(C)(C)c1cccc(-c2nn[nH]n2)c1.COC(=O)c1cc(C(C)(C)C)ccc1OCCN1CCCC1.COc1cc(C(C)(C)C)ccc1OCCN1CCCC1.Cc1nccn1-c1ccc(C(C)(C)C)cc1.Cc1nccn1Cc1ccc(C(C)(C)C)cc1. The number of hydrogen-bond acceptors (Lipinski definition) is 18. The number of aryl methyl sites for hydroxylation is 2.